The Kier molecular flexibility index (Phi) is 4.11. The molecule has 2 aliphatic carbocycles. The van der Waals surface area contributed by atoms with Gasteiger partial charge in [0.15, 0.2) is 0 Å². The Bertz CT molecular complexity index is 640. The van der Waals surface area contributed by atoms with E-state index in [2.05, 4.69) is 59.9 Å². The molecule has 1 nitrogen and oxygen atoms in total. The lowest BCUT2D eigenvalue weighted by molar-refractivity contribution is 0.311. The lowest BCUT2D eigenvalue weighted by Crippen LogP contribution is -2.15. The minimum absolute atomic E-state index is 0.722. The van der Waals surface area contributed by atoms with Crippen molar-refractivity contribution in [1.82, 2.24) is 0 Å². The summed E-state index contributed by atoms with van der Waals surface area (Å²) >= 11 is 0. The predicted molar refractivity (Wildman–Crippen MR) is 97.8 cm³/mol. The first-order valence-corrected chi connectivity index (χ1v) is 9.21. The van der Waals surface area contributed by atoms with Crippen LogP contribution >= 0.6 is 0 Å². The summed E-state index contributed by atoms with van der Waals surface area (Å²) < 4.78 is 0. The number of nitrogens with one attached hydrogen (secondary N) is 1. The molecule has 120 valence electrons. The largest absolute Gasteiger partial charge is 0.385 e. The molecule has 1 atom stereocenters. The molecule has 0 bridgehead atoms. The van der Waals surface area contributed by atoms with E-state index in [9.17, 15) is 0 Å². The van der Waals surface area contributed by atoms with E-state index in [1.54, 1.807) is 0 Å². The lowest BCUT2D eigenvalue weighted by Gasteiger charge is -2.23. The van der Waals surface area contributed by atoms with Crippen molar-refractivity contribution in [2.75, 3.05) is 11.9 Å². The average molecular weight is 305 g/mol. The molecule has 4 rings (SSSR count). The van der Waals surface area contributed by atoms with Crippen molar-refractivity contribution in [2.45, 2.75) is 44.9 Å². The van der Waals surface area contributed by atoms with E-state index in [4.69, 9.17) is 0 Å². The van der Waals surface area contributed by atoms with Gasteiger partial charge in [0.2, 0.25) is 0 Å². The predicted octanol–water partition coefficient (Wildman–Crippen LogP) is 5.66. The van der Waals surface area contributed by atoms with Crippen molar-refractivity contribution in [3.05, 3.63) is 65.7 Å². The van der Waals surface area contributed by atoms with E-state index in [1.807, 2.05) is 0 Å². The van der Waals surface area contributed by atoms with E-state index in [-0.39, 0.29) is 0 Å². The van der Waals surface area contributed by atoms with Gasteiger partial charge < -0.3 is 5.32 Å². The summed E-state index contributed by atoms with van der Waals surface area (Å²) in [7, 11) is 0. The zero-order valence-corrected chi connectivity index (χ0v) is 13.9. The summed E-state index contributed by atoms with van der Waals surface area (Å²) in [6, 6.07) is 19.6. The van der Waals surface area contributed by atoms with E-state index in [1.165, 1.54) is 55.3 Å². The Morgan fingerprint density at radius 3 is 2.43 bits per heavy atom. The summed E-state index contributed by atoms with van der Waals surface area (Å²) in [5.41, 5.74) is 4.85. The zero-order valence-electron chi connectivity index (χ0n) is 13.9. The summed E-state index contributed by atoms with van der Waals surface area (Å²) in [6.07, 6.45) is 9.81. The number of rotatable bonds is 5. The number of benzene rings is 2. The molecule has 0 aliphatic heterocycles. The van der Waals surface area contributed by atoms with Crippen molar-refractivity contribution >= 4 is 5.69 Å². The molecular weight excluding hydrogens is 278 g/mol. The quantitative estimate of drug-likeness (QED) is 0.751. The van der Waals surface area contributed by atoms with Gasteiger partial charge in [0.05, 0.1) is 0 Å². The minimum Gasteiger partial charge on any atom is -0.385 e. The Hall–Kier alpha value is -1.76. The molecule has 0 radical (unpaired) electrons. The topological polar surface area (TPSA) is 12.0 Å². The SMILES string of the molecule is c1ccc(Cc2ccccc2NCC2CC23CCCCC3)cc1. The third-order valence-corrected chi connectivity index (χ3v) is 6.00. The Labute approximate surface area is 140 Å². The van der Waals surface area contributed by atoms with Crippen LogP contribution in [0.25, 0.3) is 0 Å². The molecule has 2 aromatic rings. The van der Waals surface area contributed by atoms with E-state index in [0.717, 1.165) is 24.3 Å². The highest BCUT2D eigenvalue weighted by Crippen LogP contribution is 2.61. The van der Waals surface area contributed by atoms with Crippen LogP contribution in [0.3, 0.4) is 0 Å². The van der Waals surface area contributed by atoms with Crippen LogP contribution in [0.5, 0.6) is 0 Å². The van der Waals surface area contributed by atoms with Gasteiger partial charge in [-0.1, -0.05) is 67.8 Å². The number of hydrogen-bond acceptors (Lipinski definition) is 1. The molecular formula is C22H27N. The molecule has 1 unspecified atom stereocenters. The van der Waals surface area contributed by atoms with Crippen LogP contribution in [0.2, 0.25) is 0 Å². The van der Waals surface area contributed by atoms with Crippen molar-refractivity contribution < 1.29 is 0 Å². The first-order valence-electron chi connectivity index (χ1n) is 9.21. The first-order chi connectivity index (χ1) is 11.4. The smallest absolute Gasteiger partial charge is 0.0376 e. The molecule has 0 aromatic heterocycles. The molecule has 0 amide bonds. The highest BCUT2D eigenvalue weighted by Gasteiger charge is 2.53. The molecule has 2 saturated carbocycles. The van der Waals surface area contributed by atoms with Crippen LogP contribution in [0.15, 0.2) is 54.6 Å². The third-order valence-electron chi connectivity index (χ3n) is 6.00. The summed E-state index contributed by atoms with van der Waals surface area (Å²) in [5.74, 6) is 0.910. The highest BCUT2D eigenvalue weighted by atomic mass is 14.9. The van der Waals surface area contributed by atoms with Gasteiger partial charge in [-0.3, -0.25) is 0 Å². The fraction of sp³-hybridized carbons (Fsp3) is 0.455. The van der Waals surface area contributed by atoms with Crippen molar-refractivity contribution in [3.8, 4) is 0 Å². The van der Waals surface area contributed by atoms with E-state index < -0.39 is 0 Å². The molecule has 1 N–H and O–H groups in total. The third kappa shape index (κ3) is 3.29. The summed E-state index contributed by atoms with van der Waals surface area (Å²) in [6.45, 7) is 1.16. The van der Waals surface area contributed by atoms with Crippen molar-refractivity contribution in [2.24, 2.45) is 11.3 Å². The van der Waals surface area contributed by atoms with Crippen LogP contribution < -0.4 is 5.32 Å². The van der Waals surface area contributed by atoms with Gasteiger partial charge in [0, 0.05) is 12.2 Å². The maximum Gasteiger partial charge on any atom is 0.0376 e. The van der Waals surface area contributed by atoms with Gasteiger partial charge in [-0.2, -0.15) is 0 Å². The number of para-hydroxylation sites is 1. The second-order valence-corrected chi connectivity index (χ2v) is 7.52. The fourth-order valence-electron chi connectivity index (χ4n) is 4.48. The molecule has 0 heterocycles. The molecule has 1 spiro atoms. The second-order valence-electron chi connectivity index (χ2n) is 7.52. The minimum atomic E-state index is 0.722. The summed E-state index contributed by atoms with van der Waals surface area (Å²) in [5, 5.41) is 3.77. The maximum absolute atomic E-state index is 3.77. The number of anilines is 1. The van der Waals surface area contributed by atoms with E-state index >= 15 is 0 Å². The Balaban J connectivity index is 1.40. The van der Waals surface area contributed by atoms with Gasteiger partial charge in [-0.05, 0) is 54.2 Å². The summed E-state index contributed by atoms with van der Waals surface area (Å²) in [4.78, 5) is 0. The highest BCUT2D eigenvalue weighted by molar-refractivity contribution is 5.53. The monoisotopic (exact) mass is 305 g/mol. The first kappa shape index (κ1) is 14.8. The van der Waals surface area contributed by atoms with Gasteiger partial charge in [-0.15, -0.1) is 0 Å². The van der Waals surface area contributed by atoms with Crippen molar-refractivity contribution in [3.63, 3.8) is 0 Å². The molecule has 2 fully saturated rings. The second kappa shape index (κ2) is 6.39. The van der Waals surface area contributed by atoms with Gasteiger partial charge >= 0.3 is 0 Å². The van der Waals surface area contributed by atoms with Gasteiger partial charge in [0.25, 0.3) is 0 Å². The normalized spacial score (nSPS) is 22.0. The number of hydrogen-bond donors (Lipinski definition) is 1. The Morgan fingerprint density at radius 2 is 1.61 bits per heavy atom. The van der Waals surface area contributed by atoms with Crippen LogP contribution in [0, 0.1) is 11.3 Å². The van der Waals surface area contributed by atoms with Gasteiger partial charge in [-0.25, -0.2) is 0 Å². The molecule has 23 heavy (non-hydrogen) atoms. The van der Waals surface area contributed by atoms with Crippen LogP contribution in [0.4, 0.5) is 5.69 Å². The van der Waals surface area contributed by atoms with E-state index in [0.29, 0.717) is 0 Å². The van der Waals surface area contributed by atoms with Crippen LogP contribution in [0.1, 0.15) is 49.7 Å². The van der Waals surface area contributed by atoms with Crippen LogP contribution in [-0.2, 0) is 6.42 Å². The lowest BCUT2D eigenvalue weighted by atomic mass is 9.84. The molecule has 2 aromatic carbocycles. The molecule has 0 saturated heterocycles. The van der Waals surface area contributed by atoms with Crippen LogP contribution in [-0.4, -0.2) is 6.54 Å². The standard InChI is InChI=1S/C22H27N/c1-3-9-18(10-4-1)15-19-11-5-6-12-21(19)23-17-20-16-22(20)13-7-2-8-14-22/h1,3-6,9-12,20,23H,2,7-8,13-17H2. The Morgan fingerprint density at radius 1 is 0.870 bits per heavy atom. The average Bonchev–Trinajstić information content (AvgIpc) is 3.27. The molecule has 2 aliphatic rings. The molecule has 1 heteroatoms. The van der Waals surface area contributed by atoms with Crippen molar-refractivity contribution in [1.29, 1.82) is 0 Å². The zero-order chi connectivity index (χ0) is 15.5. The van der Waals surface area contributed by atoms with Gasteiger partial charge in [0.1, 0.15) is 0 Å². The fourth-order valence-corrected chi connectivity index (χ4v) is 4.48. The maximum atomic E-state index is 3.77.